The largest absolute Gasteiger partial charge is 0.477 e. The summed E-state index contributed by atoms with van der Waals surface area (Å²) in [6, 6.07) is 51.6. The van der Waals surface area contributed by atoms with Gasteiger partial charge in [0.05, 0.1) is 94.1 Å². The fourth-order valence-corrected chi connectivity index (χ4v) is 20.7. The molecule has 43 heteroatoms. The highest BCUT2D eigenvalue weighted by Gasteiger charge is 2.31. The molecule has 1 saturated heterocycles. The van der Waals surface area contributed by atoms with Gasteiger partial charge >= 0.3 is 29.9 Å². The molecule has 1 aliphatic rings. The molecule has 7 aromatic heterocycles. The Bertz CT molecular complexity index is 8000. The van der Waals surface area contributed by atoms with E-state index in [-0.39, 0.29) is 98.5 Å². The number of carboxylic acid groups (broad SMARTS) is 4. The summed E-state index contributed by atoms with van der Waals surface area (Å²) in [6.45, 7) is 13.2. The topological polar surface area (TPSA) is 568 Å². The molecule has 36 nitrogen and oxygen atoms in total. The van der Waals surface area contributed by atoms with E-state index >= 15 is 0 Å². The van der Waals surface area contributed by atoms with Gasteiger partial charge in [0, 0.05) is 172 Å². The minimum Gasteiger partial charge on any atom is -0.477 e. The number of urea groups is 1. The van der Waals surface area contributed by atoms with E-state index in [1.807, 2.05) is 118 Å². The number of pyridine rings is 1. The van der Waals surface area contributed by atoms with Crippen LogP contribution in [0.15, 0.2) is 213 Å². The normalized spacial score (nSPS) is 13.1. The Hall–Kier alpha value is -15.2. The third-order valence-corrected chi connectivity index (χ3v) is 28.1. The van der Waals surface area contributed by atoms with E-state index in [0.717, 1.165) is 139 Å². The Balaban J connectivity index is 0.000000165. The van der Waals surface area contributed by atoms with E-state index in [2.05, 4.69) is 66.1 Å². The van der Waals surface area contributed by atoms with E-state index in [9.17, 15) is 88.0 Å². The number of benzene rings is 9. The highest BCUT2D eigenvalue weighted by molar-refractivity contribution is 7.90. The van der Waals surface area contributed by atoms with Gasteiger partial charge in [0.2, 0.25) is 12.3 Å². The number of para-hydroxylation sites is 4. The van der Waals surface area contributed by atoms with Crippen molar-refractivity contribution in [1.82, 2.24) is 65.4 Å². The van der Waals surface area contributed by atoms with Crippen LogP contribution < -0.4 is 38.1 Å². The third kappa shape index (κ3) is 27.2. The van der Waals surface area contributed by atoms with Crippen molar-refractivity contribution in [3.05, 3.63) is 320 Å². The van der Waals surface area contributed by atoms with Gasteiger partial charge in [-0.3, -0.25) is 19.5 Å². The van der Waals surface area contributed by atoms with Crippen LogP contribution in [0.25, 0.3) is 88.1 Å². The number of carbonyl (C=O) groups is 7. The smallest absolute Gasteiger partial charge is 0.352 e. The number of aromatic amines is 5. The van der Waals surface area contributed by atoms with Gasteiger partial charge in [0.1, 0.15) is 34.4 Å². The van der Waals surface area contributed by atoms with Gasteiger partial charge in [-0.15, -0.1) is 17.5 Å². The summed E-state index contributed by atoms with van der Waals surface area (Å²) in [7, 11) is -10.2. The van der Waals surface area contributed by atoms with Crippen LogP contribution in [0, 0.1) is 11.6 Å². The molecule has 1 aliphatic heterocycles. The molecule has 1 fully saturated rings. The van der Waals surface area contributed by atoms with Crippen LogP contribution in [0.1, 0.15) is 174 Å². The fourth-order valence-electron chi connectivity index (χ4n) is 18.0. The van der Waals surface area contributed by atoms with Crippen molar-refractivity contribution in [3.63, 3.8) is 0 Å². The molecule has 0 bridgehead atoms. The third-order valence-electron chi connectivity index (χ3n) is 25.2. The number of carbonyl (C=O) groups excluding carboxylic acids is 3. The molecule has 0 aliphatic carbocycles. The van der Waals surface area contributed by atoms with Gasteiger partial charge in [-0.05, 0) is 145 Å². The summed E-state index contributed by atoms with van der Waals surface area (Å²) in [6.07, 6.45) is 13.2. The molecular weight excluding hydrogens is 2020 g/mol. The molecule has 9 aromatic carbocycles. The SMILES string of the molecule is CC(CC(=O)NCCc1c[nH]cn1)c1cccc2c(-c3ccc(CS(C)(=O)=O)c(F)c3)c(C(=O)O)[nH]c12.CC(NC(=O)Nc1ccc(CN)cc1)c1cccc2c(-c3ccc(CS(C)(=O)=O)c(F)c3)c(C(=O)O)[nH]c12.CC(c1cccc2c(-c3ccc(CN4CCOCC4)nc3)c(C(=O)O)[nH]c12)N(C=O)c1ccc(CN)cc1.CC(c1cccc2c(-c3ccc(CS(C)(=O)=O)c(Cl)c3)c(C(=O)O)[nH]c12)n1cc(CCCN)nn1.Cl. The van der Waals surface area contributed by atoms with Gasteiger partial charge < -0.3 is 88.1 Å². The molecule has 18 N–H and O–H groups in total. The Morgan fingerprint density at radius 1 is 0.544 bits per heavy atom. The number of aromatic carboxylic acids is 4. The number of sulfone groups is 3. The van der Waals surface area contributed by atoms with Crippen molar-refractivity contribution in [1.29, 1.82) is 0 Å². The molecule has 149 heavy (non-hydrogen) atoms. The Labute approximate surface area is 867 Å². The number of fused-ring (bicyclic) bond motifs is 4. The number of ether oxygens (including phenoxy) is 1. The number of imidazole rings is 1. The first-order valence-electron chi connectivity index (χ1n) is 47.0. The van der Waals surface area contributed by atoms with Crippen molar-refractivity contribution < 1.29 is 92.8 Å². The predicted molar refractivity (Wildman–Crippen MR) is 570 cm³/mol. The first-order valence-corrected chi connectivity index (χ1v) is 53.6. The van der Waals surface area contributed by atoms with Crippen molar-refractivity contribution in [2.45, 2.75) is 114 Å². The van der Waals surface area contributed by atoms with Crippen LogP contribution in [0.3, 0.4) is 0 Å². The van der Waals surface area contributed by atoms with Crippen LogP contribution in [0.5, 0.6) is 0 Å². The molecule has 780 valence electrons. The number of hydrogen-bond acceptors (Lipinski definition) is 22. The number of carboxylic acids is 4. The van der Waals surface area contributed by atoms with E-state index in [1.54, 1.807) is 95.9 Å². The number of rotatable bonds is 36. The monoisotopic (exact) mass is 2130 g/mol. The zero-order chi connectivity index (χ0) is 106. The second-order valence-electron chi connectivity index (χ2n) is 36.2. The summed E-state index contributed by atoms with van der Waals surface area (Å²) in [5, 5.41) is 59.5. The molecule has 8 heterocycles. The second kappa shape index (κ2) is 48.6. The number of aryl methyl sites for hydroxylation is 1. The summed E-state index contributed by atoms with van der Waals surface area (Å²) in [5.41, 5.74) is 31.9. The minimum absolute atomic E-state index is 0. The first kappa shape index (κ1) is 111. The summed E-state index contributed by atoms with van der Waals surface area (Å²) < 4.78 is 107. The zero-order valence-electron chi connectivity index (χ0n) is 82.0. The average Bonchev–Trinajstić information content (AvgIpc) is 1.67. The van der Waals surface area contributed by atoms with Crippen LogP contribution in [0.2, 0.25) is 5.02 Å². The highest BCUT2D eigenvalue weighted by Crippen LogP contribution is 2.44. The van der Waals surface area contributed by atoms with Crippen molar-refractivity contribution in [2.75, 3.05) is 68.4 Å². The number of nitrogens with zero attached hydrogens (tertiary/aromatic N) is 7. The number of halogens is 4. The predicted octanol–water partition coefficient (Wildman–Crippen LogP) is 16.5. The lowest BCUT2D eigenvalue weighted by atomic mass is 9.93. The Morgan fingerprint density at radius 3 is 1.46 bits per heavy atom. The molecule has 4 unspecified atom stereocenters. The number of anilines is 2. The quantitative estimate of drug-likeness (QED) is 0.0162. The highest BCUT2D eigenvalue weighted by atomic mass is 35.5. The van der Waals surface area contributed by atoms with Crippen LogP contribution in [-0.2, 0) is 93.6 Å². The number of hydrogen-bond donors (Lipinski definition) is 15. The van der Waals surface area contributed by atoms with E-state index in [1.165, 1.54) is 24.3 Å². The van der Waals surface area contributed by atoms with Crippen molar-refractivity contribution >= 4 is 151 Å². The van der Waals surface area contributed by atoms with Crippen molar-refractivity contribution in [2.24, 2.45) is 17.2 Å². The van der Waals surface area contributed by atoms with E-state index < -0.39 is 88.6 Å². The summed E-state index contributed by atoms with van der Waals surface area (Å²) in [5.74, 6) is -7.62. The number of amides is 4. The van der Waals surface area contributed by atoms with Crippen LogP contribution >= 0.6 is 24.0 Å². The molecular formula is C106H112Cl2F2N18O18S3. The first-order chi connectivity index (χ1) is 70.6. The summed E-state index contributed by atoms with van der Waals surface area (Å²) in [4.78, 5) is 114. The van der Waals surface area contributed by atoms with Gasteiger partial charge in [0.15, 0.2) is 29.5 Å². The number of H-pyrrole nitrogens is 5. The van der Waals surface area contributed by atoms with Gasteiger partial charge in [-0.2, -0.15) is 0 Å². The molecule has 4 atom stereocenters. The molecule has 16 aromatic rings. The molecule has 0 saturated carbocycles. The number of morpholine rings is 1. The summed E-state index contributed by atoms with van der Waals surface area (Å²) >= 11 is 6.39. The van der Waals surface area contributed by atoms with Crippen molar-refractivity contribution in [3.8, 4) is 44.5 Å². The molecule has 0 spiro atoms. The lowest BCUT2D eigenvalue weighted by Crippen LogP contribution is -2.35. The van der Waals surface area contributed by atoms with Crippen LogP contribution in [-0.4, -0.2) is 201 Å². The maximum atomic E-state index is 14.8. The zero-order valence-corrected chi connectivity index (χ0v) is 86.1. The van der Waals surface area contributed by atoms with E-state index in [0.29, 0.717) is 121 Å². The standard InChI is InChI=1S/C29H31N5O4.C27H27FN4O5S.C26H27FN4O5S.C24H26ClN5O4S.ClH/c1-19(34(18-35)23-9-5-20(15-30)6-10-23)24-3-2-4-25-26(28(29(36)37)32-27(24)25)21-7-8-22(31-16-21)17-33-11-13-38-14-12-33;1-15(30-27(35)31-19-10-6-16(13-29)7-11-19)20-4-3-5-21-23(25(26(33)34)32-24(20)21)17-8-9-18(22(28)12-17)14-38(2,36)37;1-15(10-22(32)29-9-8-18-12-28-14-30-18)19-4-3-5-20-23(25(26(33)34)31-24(19)20)16-6-7-17(21(27)11-16)13-37(2,35)36;1-14(30-12-17(28-29-30)5-4-10-26)18-6-3-7-19-21(23(24(31)32)27-22(18)19)15-8-9-16(20(25)11-15)13-35(2,33)34;/h2-10,16,18-19,32H,11-15,17,30H2,1H3,(H,36,37);3-12,15,32H,13-14,29H2,1-2H3,(H,33,34)(H2,30,31,35);3-7,11-12,14-15,31H,8-10,13H2,1-2H3,(H,28,30)(H,29,32)(H,33,34);3,6-9,11-12,14,27H,4-5,10,13,26H2,1-2H3,(H,31,32);1H. The Morgan fingerprint density at radius 2 is 1.00 bits per heavy atom. The lowest BCUT2D eigenvalue weighted by molar-refractivity contribution is -0.121. The number of nitrogens with one attached hydrogen (secondary N) is 8. The maximum Gasteiger partial charge on any atom is 0.352 e. The van der Waals surface area contributed by atoms with Gasteiger partial charge in [-0.1, -0.05) is 163 Å². The molecule has 4 amide bonds. The maximum absolute atomic E-state index is 14.8. The molecule has 0 radical (unpaired) electrons. The fraction of sp³-hybridized carbons (Fsp3) is 0.255. The second-order valence-corrected chi connectivity index (χ2v) is 43.0. The number of nitrogens with two attached hydrogens (primary N) is 3. The van der Waals surface area contributed by atoms with E-state index in [4.69, 9.17) is 33.5 Å². The average molecular weight is 2130 g/mol. The minimum atomic E-state index is -3.46. The lowest BCUT2D eigenvalue weighted by Gasteiger charge is -2.26. The van der Waals surface area contributed by atoms with Gasteiger partial charge in [-0.25, -0.2) is 67.7 Å². The van der Waals surface area contributed by atoms with Gasteiger partial charge in [0.25, 0.3) is 0 Å². The van der Waals surface area contributed by atoms with Crippen LogP contribution in [0.4, 0.5) is 25.0 Å². The number of aromatic nitrogens is 10. The Kier molecular flexibility index (Phi) is 36.2. The molecule has 17 rings (SSSR count).